The van der Waals surface area contributed by atoms with Crippen molar-refractivity contribution in [2.24, 2.45) is 0 Å². The Labute approximate surface area is 114 Å². The van der Waals surface area contributed by atoms with E-state index in [9.17, 15) is 20.0 Å². The number of hydrogen-bond acceptors (Lipinski definition) is 4. The van der Waals surface area contributed by atoms with E-state index in [1.807, 2.05) is 6.92 Å². The summed E-state index contributed by atoms with van der Waals surface area (Å²) in [6.07, 6.45) is 0.502. The zero-order valence-electron chi connectivity index (χ0n) is 11.0. The van der Waals surface area contributed by atoms with E-state index < -0.39 is 10.9 Å². The third kappa shape index (κ3) is 2.25. The topological polar surface area (TPSA) is 98.3 Å². The molecule has 0 amide bonds. The molecule has 1 N–H and O–H groups in total. The van der Waals surface area contributed by atoms with Crippen LogP contribution in [0.4, 0.5) is 5.69 Å². The maximum Gasteiger partial charge on any atom is 0.339 e. The number of benzene rings is 1. The summed E-state index contributed by atoms with van der Waals surface area (Å²) < 4.78 is 1.49. The number of non-ortho nitro benzene ring substituents is 1. The molecular weight excluding hydrogens is 262 g/mol. The van der Waals surface area contributed by atoms with Gasteiger partial charge in [0, 0.05) is 12.1 Å². The van der Waals surface area contributed by atoms with Crippen molar-refractivity contribution in [1.29, 1.82) is 0 Å². The quantitative estimate of drug-likeness (QED) is 0.682. The Morgan fingerprint density at radius 1 is 1.40 bits per heavy atom. The molecule has 0 radical (unpaired) electrons. The molecule has 104 valence electrons. The monoisotopic (exact) mass is 275 g/mol. The van der Waals surface area contributed by atoms with Crippen LogP contribution in [-0.4, -0.2) is 25.8 Å². The first-order valence-electron chi connectivity index (χ1n) is 6.02. The second kappa shape index (κ2) is 5.12. The summed E-state index contributed by atoms with van der Waals surface area (Å²) >= 11 is 0. The summed E-state index contributed by atoms with van der Waals surface area (Å²) in [5.74, 6) is -1.02. The molecular formula is C13H13N3O4. The molecule has 1 heterocycles. The maximum absolute atomic E-state index is 11.2. The third-order valence-corrected chi connectivity index (χ3v) is 3.04. The van der Waals surface area contributed by atoms with Gasteiger partial charge in [0.25, 0.3) is 5.69 Å². The molecule has 2 aromatic rings. The lowest BCUT2D eigenvalue weighted by atomic mass is 10.1. The molecule has 0 aliphatic rings. The molecule has 0 saturated heterocycles. The number of aromatic nitrogens is 2. The van der Waals surface area contributed by atoms with Gasteiger partial charge >= 0.3 is 5.97 Å². The Bertz CT molecular complexity index is 674. The highest BCUT2D eigenvalue weighted by molar-refractivity contribution is 5.90. The van der Waals surface area contributed by atoms with E-state index in [-0.39, 0.29) is 11.3 Å². The molecule has 7 heteroatoms. The molecule has 0 aliphatic carbocycles. The van der Waals surface area contributed by atoms with Gasteiger partial charge in [-0.05, 0) is 25.5 Å². The standard InChI is InChI=1S/C13H13N3O4/c1-3-11-12(13(17)18)8(2)15(14-11)9-4-6-10(7-5-9)16(19)20/h4-7H,3H2,1-2H3,(H,17,18). The Morgan fingerprint density at radius 3 is 2.40 bits per heavy atom. The van der Waals surface area contributed by atoms with Crippen LogP contribution in [0.15, 0.2) is 24.3 Å². The van der Waals surface area contributed by atoms with E-state index >= 15 is 0 Å². The zero-order chi connectivity index (χ0) is 14.9. The second-order valence-corrected chi connectivity index (χ2v) is 4.25. The zero-order valence-corrected chi connectivity index (χ0v) is 11.0. The predicted molar refractivity (Wildman–Crippen MR) is 71.3 cm³/mol. The molecule has 0 fully saturated rings. The molecule has 0 saturated carbocycles. The fraction of sp³-hybridized carbons (Fsp3) is 0.231. The van der Waals surface area contributed by atoms with Crippen LogP contribution in [0, 0.1) is 17.0 Å². The van der Waals surface area contributed by atoms with Crippen LogP contribution in [0.25, 0.3) is 5.69 Å². The number of aryl methyl sites for hydroxylation is 1. The number of carboxylic acid groups (broad SMARTS) is 1. The van der Waals surface area contributed by atoms with E-state index in [0.717, 1.165) is 0 Å². The van der Waals surface area contributed by atoms with Gasteiger partial charge in [0.1, 0.15) is 5.56 Å². The number of aromatic carboxylic acids is 1. The molecule has 2 rings (SSSR count). The van der Waals surface area contributed by atoms with Gasteiger partial charge in [-0.1, -0.05) is 6.92 Å². The van der Waals surface area contributed by atoms with Crippen molar-refractivity contribution in [2.75, 3.05) is 0 Å². The van der Waals surface area contributed by atoms with Gasteiger partial charge in [-0.25, -0.2) is 9.48 Å². The molecule has 0 unspecified atom stereocenters. The molecule has 20 heavy (non-hydrogen) atoms. The van der Waals surface area contributed by atoms with E-state index in [1.54, 1.807) is 19.1 Å². The summed E-state index contributed by atoms with van der Waals surface area (Å²) in [6.45, 7) is 3.49. The van der Waals surface area contributed by atoms with Crippen molar-refractivity contribution < 1.29 is 14.8 Å². The molecule has 0 aliphatic heterocycles. The Hall–Kier alpha value is -2.70. The van der Waals surface area contributed by atoms with E-state index in [2.05, 4.69) is 5.10 Å². The highest BCUT2D eigenvalue weighted by Crippen LogP contribution is 2.21. The minimum Gasteiger partial charge on any atom is -0.478 e. The third-order valence-electron chi connectivity index (χ3n) is 3.04. The van der Waals surface area contributed by atoms with Crippen molar-refractivity contribution in [3.8, 4) is 5.69 Å². The molecule has 0 spiro atoms. The van der Waals surface area contributed by atoms with E-state index in [1.165, 1.54) is 16.8 Å². The molecule has 1 aromatic heterocycles. The lowest BCUT2D eigenvalue weighted by molar-refractivity contribution is -0.384. The van der Waals surface area contributed by atoms with Gasteiger partial charge in [0.05, 0.1) is 22.0 Å². The van der Waals surface area contributed by atoms with E-state index in [4.69, 9.17) is 0 Å². The van der Waals surface area contributed by atoms with Crippen LogP contribution < -0.4 is 0 Å². The SMILES string of the molecule is CCc1nn(-c2ccc([N+](=O)[O-])cc2)c(C)c1C(=O)O. The Balaban J connectivity index is 2.53. The van der Waals surface area contributed by atoms with Crippen LogP contribution in [0.5, 0.6) is 0 Å². The molecule has 0 atom stereocenters. The molecule has 1 aromatic carbocycles. The van der Waals surface area contributed by atoms with Crippen molar-refractivity contribution in [3.05, 3.63) is 51.3 Å². The van der Waals surface area contributed by atoms with Crippen LogP contribution in [0.3, 0.4) is 0 Å². The summed E-state index contributed by atoms with van der Waals surface area (Å²) in [5.41, 5.74) is 1.76. The normalized spacial score (nSPS) is 10.5. The van der Waals surface area contributed by atoms with E-state index in [0.29, 0.717) is 23.5 Å². The fourth-order valence-corrected chi connectivity index (χ4v) is 2.05. The van der Waals surface area contributed by atoms with Crippen LogP contribution in [0.2, 0.25) is 0 Å². The fourth-order valence-electron chi connectivity index (χ4n) is 2.05. The summed E-state index contributed by atoms with van der Waals surface area (Å²) in [6, 6.07) is 5.82. The van der Waals surface area contributed by atoms with Crippen LogP contribution in [-0.2, 0) is 6.42 Å². The lowest BCUT2D eigenvalue weighted by Crippen LogP contribution is -2.03. The number of nitrogens with zero attached hydrogens (tertiary/aromatic N) is 3. The van der Waals surface area contributed by atoms with Crippen molar-refractivity contribution in [1.82, 2.24) is 9.78 Å². The van der Waals surface area contributed by atoms with Gasteiger partial charge in [-0.2, -0.15) is 5.10 Å². The minimum absolute atomic E-state index is 0.0206. The Morgan fingerprint density at radius 2 is 2.00 bits per heavy atom. The summed E-state index contributed by atoms with van der Waals surface area (Å²) in [5, 5.41) is 24.1. The lowest BCUT2D eigenvalue weighted by Gasteiger charge is -2.03. The summed E-state index contributed by atoms with van der Waals surface area (Å²) in [4.78, 5) is 21.4. The highest BCUT2D eigenvalue weighted by Gasteiger charge is 2.20. The van der Waals surface area contributed by atoms with Gasteiger partial charge in [0.15, 0.2) is 0 Å². The van der Waals surface area contributed by atoms with Crippen molar-refractivity contribution >= 4 is 11.7 Å². The second-order valence-electron chi connectivity index (χ2n) is 4.25. The molecule has 7 nitrogen and oxygen atoms in total. The van der Waals surface area contributed by atoms with Gasteiger partial charge in [0.2, 0.25) is 0 Å². The number of nitro benzene ring substituents is 1. The van der Waals surface area contributed by atoms with Crippen LogP contribution >= 0.6 is 0 Å². The average Bonchev–Trinajstić information content (AvgIpc) is 2.75. The number of rotatable bonds is 4. The van der Waals surface area contributed by atoms with Gasteiger partial charge < -0.3 is 5.11 Å². The number of nitro groups is 1. The maximum atomic E-state index is 11.2. The Kier molecular flexibility index (Phi) is 3.51. The number of carbonyl (C=O) groups is 1. The first-order valence-corrected chi connectivity index (χ1v) is 6.02. The largest absolute Gasteiger partial charge is 0.478 e. The van der Waals surface area contributed by atoms with Crippen LogP contribution in [0.1, 0.15) is 28.7 Å². The van der Waals surface area contributed by atoms with Gasteiger partial charge in [-0.3, -0.25) is 10.1 Å². The smallest absolute Gasteiger partial charge is 0.339 e. The molecule has 0 bridgehead atoms. The average molecular weight is 275 g/mol. The minimum atomic E-state index is -1.02. The van der Waals surface area contributed by atoms with Gasteiger partial charge in [-0.15, -0.1) is 0 Å². The summed E-state index contributed by atoms with van der Waals surface area (Å²) in [7, 11) is 0. The van der Waals surface area contributed by atoms with Crippen molar-refractivity contribution in [3.63, 3.8) is 0 Å². The first kappa shape index (κ1) is 13.7. The highest BCUT2D eigenvalue weighted by atomic mass is 16.6. The number of hydrogen-bond donors (Lipinski definition) is 1. The number of carboxylic acids is 1. The predicted octanol–water partition coefficient (Wildman–Crippen LogP) is 2.35. The van der Waals surface area contributed by atoms with Crippen molar-refractivity contribution in [2.45, 2.75) is 20.3 Å². The first-order chi connectivity index (χ1) is 9.45.